The Morgan fingerprint density at radius 3 is 2.63 bits per heavy atom. The van der Waals surface area contributed by atoms with Gasteiger partial charge in [0.25, 0.3) is 0 Å². The second kappa shape index (κ2) is 7.31. The quantitative estimate of drug-likeness (QED) is 0.849. The Hall–Kier alpha value is -2.41. The maximum atomic E-state index is 12.8. The van der Waals surface area contributed by atoms with Crippen molar-refractivity contribution in [3.63, 3.8) is 0 Å². The number of rotatable bonds is 4. The van der Waals surface area contributed by atoms with Gasteiger partial charge in [0.05, 0.1) is 5.69 Å². The molecule has 1 aromatic carbocycles. The van der Waals surface area contributed by atoms with Crippen molar-refractivity contribution in [2.75, 3.05) is 25.5 Å². The SMILES string of the molecule is CNc1nc(C2(c3ccccc3)CCN(C(=O)C3CCC(=O)N3)CC2)cs1. The summed E-state index contributed by atoms with van der Waals surface area (Å²) in [6.07, 6.45) is 2.71. The first kappa shape index (κ1) is 18.0. The van der Waals surface area contributed by atoms with Crippen LogP contribution in [0.1, 0.15) is 36.9 Å². The van der Waals surface area contributed by atoms with Gasteiger partial charge in [-0.3, -0.25) is 9.59 Å². The smallest absolute Gasteiger partial charge is 0.245 e. The van der Waals surface area contributed by atoms with E-state index >= 15 is 0 Å². The summed E-state index contributed by atoms with van der Waals surface area (Å²) in [5.74, 6) is 0.0303. The molecule has 2 amide bonds. The lowest BCUT2D eigenvalue weighted by Crippen LogP contribution is -2.51. The van der Waals surface area contributed by atoms with E-state index < -0.39 is 0 Å². The number of nitrogens with one attached hydrogen (secondary N) is 2. The van der Waals surface area contributed by atoms with Gasteiger partial charge in [0.2, 0.25) is 11.8 Å². The normalized spacial score (nSPS) is 21.7. The van der Waals surface area contributed by atoms with Gasteiger partial charge in [-0.05, 0) is 24.8 Å². The number of nitrogens with zero attached hydrogens (tertiary/aromatic N) is 2. The zero-order valence-corrected chi connectivity index (χ0v) is 16.2. The minimum atomic E-state index is -0.350. The van der Waals surface area contributed by atoms with Crippen LogP contribution in [0.15, 0.2) is 35.7 Å². The van der Waals surface area contributed by atoms with Crippen molar-refractivity contribution in [3.8, 4) is 0 Å². The van der Waals surface area contributed by atoms with E-state index in [2.05, 4.69) is 40.3 Å². The number of amides is 2. The van der Waals surface area contributed by atoms with E-state index in [0.29, 0.717) is 25.9 Å². The monoisotopic (exact) mass is 384 g/mol. The molecule has 1 aromatic heterocycles. The Bertz CT molecular complexity index is 828. The van der Waals surface area contributed by atoms with Gasteiger partial charge < -0.3 is 15.5 Å². The summed E-state index contributed by atoms with van der Waals surface area (Å²) in [6.45, 7) is 1.35. The zero-order valence-electron chi connectivity index (χ0n) is 15.4. The third kappa shape index (κ3) is 3.32. The Morgan fingerprint density at radius 2 is 2.04 bits per heavy atom. The number of likely N-dealkylation sites (tertiary alicyclic amines) is 1. The lowest BCUT2D eigenvalue weighted by atomic mass is 9.70. The minimum Gasteiger partial charge on any atom is -0.365 e. The molecule has 6 nitrogen and oxygen atoms in total. The number of hydrogen-bond acceptors (Lipinski definition) is 5. The standard InChI is InChI=1S/C20H24N4O2S/c1-21-19-23-16(13-27-19)20(14-5-3-2-4-6-14)9-11-24(12-10-20)18(26)15-7-8-17(25)22-15/h2-6,13,15H,7-12H2,1H3,(H,21,23)(H,22,25). The fourth-order valence-corrected chi connectivity index (χ4v) is 4.96. The first-order valence-corrected chi connectivity index (χ1v) is 10.3. The summed E-state index contributed by atoms with van der Waals surface area (Å²) in [4.78, 5) is 30.9. The average Bonchev–Trinajstić information content (AvgIpc) is 3.37. The molecule has 27 heavy (non-hydrogen) atoms. The first-order chi connectivity index (χ1) is 13.1. The number of hydrogen-bond donors (Lipinski definition) is 2. The molecule has 2 aliphatic heterocycles. The van der Waals surface area contributed by atoms with Crippen molar-refractivity contribution in [2.45, 2.75) is 37.1 Å². The third-order valence-electron chi connectivity index (χ3n) is 5.76. The van der Waals surface area contributed by atoms with Crippen LogP contribution in [0.3, 0.4) is 0 Å². The van der Waals surface area contributed by atoms with Crippen LogP contribution in [0.2, 0.25) is 0 Å². The molecule has 7 heteroatoms. The molecule has 2 N–H and O–H groups in total. The number of thiazole rings is 1. The zero-order chi connectivity index (χ0) is 18.9. The molecule has 0 aliphatic carbocycles. The first-order valence-electron chi connectivity index (χ1n) is 9.40. The summed E-state index contributed by atoms with van der Waals surface area (Å²) in [6, 6.07) is 10.1. The number of anilines is 1. The van der Waals surface area contributed by atoms with Crippen molar-refractivity contribution < 1.29 is 9.59 Å². The number of carbonyl (C=O) groups is 2. The topological polar surface area (TPSA) is 74.3 Å². The number of aromatic nitrogens is 1. The molecule has 0 saturated carbocycles. The maximum absolute atomic E-state index is 12.8. The lowest BCUT2D eigenvalue weighted by Gasteiger charge is -2.42. The summed E-state index contributed by atoms with van der Waals surface area (Å²) >= 11 is 1.61. The van der Waals surface area contributed by atoms with E-state index in [0.717, 1.165) is 23.7 Å². The van der Waals surface area contributed by atoms with Gasteiger partial charge in [0.1, 0.15) is 6.04 Å². The van der Waals surface area contributed by atoms with Gasteiger partial charge in [-0.15, -0.1) is 11.3 Å². The van der Waals surface area contributed by atoms with Crippen molar-refractivity contribution in [3.05, 3.63) is 47.0 Å². The van der Waals surface area contributed by atoms with Crippen LogP contribution in [0.4, 0.5) is 5.13 Å². The Kier molecular flexibility index (Phi) is 4.86. The fourth-order valence-electron chi connectivity index (χ4n) is 4.19. The molecule has 1 atom stereocenters. The second-order valence-electron chi connectivity index (χ2n) is 7.22. The summed E-state index contributed by atoms with van der Waals surface area (Å²) in [5, 5.41) is 8.97. The van der Waals surface area contributed by atoms with Crippen molar-refractivity contribution >= 4 is 28.3 Å². The van der Waals surface area contributed by atoms with E-state index in [9.17, 15) is 9.59 Å². The van der Waals surface area contributed by atoms with Gasteiger partial charge in [0.15, 0.2) is 5.13 Å². The second-order valence-corrected chi connectivity index (χ2v) is 8.08. The van der Waals surface area contributed by atoms with E-state index in [1.807, 2.05) is 18.0 Å². The minimum absolute atomic E-state index is 0.0222. The average molecular weight is 385 g/mol. The van der Waals surface area contributed by atoms with Crippen LogP contribution in [-0.4, -0.2) is 47.9 Å². The molecule has 1 unspecified atom stereocenters. The number of benzene rings is 1. The molecule has 2 aliphatic rings. The highest BCUT2D eigenvalue weighted by Crippen LogP contribution is 2.42. The Labute approximate surface area is 163 Å². The summed E-state index contributed by atoms with van der Waals surface area (Å²) < 4.78 is 0. The third-order valence-corrected chi connectivity index (χ3v) is 6.62. The highest BCUT2D eigenvalue weighted by Gasteiger charge is 2.42. The molecule has 4 rings (SSSR count). The molecule has 142 valence electrons. The predicted octanol–water partition coefficient (Wildman–Crippen LogP) is 2.37. The summed E-state index contributed by atoms with van der Waals surface area (Å²) in [5.41, 5.74) is 2.14. The van der Waals surface area contributed by atoms with Crippen LogP contribution < -0.4 is 10.6 Å². The highest BCUT2D eigenvalue weighted by atomic mass is 32.1. The molecular weight excluding hydrogens is 360 g/mol. The highest BCUT2D eigenvalue weighted by molar-refractivity contribution is 7.13. The van der Waals surface area contributed by atoms with Crippen LogP contribution in [-0.2, 0) is 15.0 Å². The molecule has 2 saturated heterocycles. The van der Waals surface area contributed by atoms with Crippen molar-refractivity contribution in [1.82, 2.24) is 15.2 Å². The molecule has 0 radical (unpaired) electrons. The van der Waals surface area contributed by atoms with Gasteiger partial charge in [-0.2, -0.15) is 0 Å². The lowest BCUT2D eigenvalue weighted by molar-refractivity contribution is -0.135. The predicted molar refractivity (Wildman–Crippen MR) is 106 cm³/mol. The van der Waals surface area contributed by atoms with Crippen LogP contribution in [0, 0.1) is 0 Å². The maximum Gasteiger partial charge on any atom is 0.245 e. The van der Waals surface area contributed by atoms with Gasteiger partial charge in [-0.25, -0.2) is 4.98 Å². The van der Waals surface area contributed by atoms with Gasteiger partial charge in [-0.1, -0.05) is 30.3 Å². The molecule has 0 spiro atoms. The van der Waals surface area contributed by atoms with E-state index in [4.69, 9.17) is 4.98 Å². The molecule has 0 bridgehead atoms. The van der Waals surface area contributed by atoms with E-state index in [1.165, 1.54) is 5.56 Å². The van der Waals surface area contributed by atoms with Crippen LogP contribution in [0.5, 0.6) is 0 Å². The fraction of sp³-hybridized carbons (Fsp3) is 0.450. The van der Waals surface area contributed by atoms with Gasteiger partial charge >= 0.3 is 0 Å². The van der Waals surface area contributed by atoms with E-state index in [1.54, 1.807) is 11.3 Å². The summed E-state index contributed by atoms with van der Waals surface area (Å²) in [7, 11) is 1.88. The number of piperidine rings is 1. The van der Waals surface area contributed by atoms with Crippen LogP contribution in [0.25, 0.3) is 0 Å². The van der Waals surface area contributed by atoms with Crippen molar-refractivity contribution in [2.24, 2.45) is 0 Å². The molecular formula is C20H24N4O2S. The van der Waals surface area contributed by atoms with Crippen molar-refractivity contribution in [1.29, 1.82) is 0 Å². The Balaban J connectivity index is 1.57. The molecule has 2 fully saturated rings. The Morgan fingerprint density at radius 1 is 1.30 bits per heavy atom. The largest absolute Gasteiger partial charge is 0.365 e. The van der Waals surface area contributed by atoms with E-state index in [-0.39, 0.29) is 23.3 Å². The van der Waals surface area contributed by atoms with Crippen LogP contribution >= 0.6 is 11.3 Å². The number of carbonyl (C=O) groups excluding carboxylic acids is 2. The molecule has 3 heterocycles. The molecule has 2 aromatic rings. The van der Waals surface area contributed by atoms with Gasteiger partial charge in [0, 0.05) is 37.4 Å².